The van der Waals surface area contributed by atoms with E-state index in [4.69, 9.17) is 11.6 Å². The van der Waals surface area contributed by atoms with E-state index in [0.29, 0.717) is 17.7 Å². The second-order valence-electron chi connectivity index (χ2n) is 3.34. The molecule has 0 fully saturated rings. The zero-order chi connectivity index (χ0) is 12.1. The van der Waals surface area contributed by atoms with Crippen LogP contribution in [0.2, 0.25) is 5.02 Å². The molecule has 1 aromatic carbocycles. The van der Waals surface area contributed by atoms with Gasteiger partial charge in [0.25, 0.3) is 0 Å². The van der Waals surface area contributed by atoms with E-state index >= 15 is 0 Å². The molecule has 0 aromatic heterocycles. The molecule has 0 saturated carbocycles. The average Bonchev–Trinajstić information content (AvgIpc) is 2.20. The molecule has 0 heterocycles. The number of aryl methyl sites for hydroxylation is 1. The minimum absolute atomic E-state index is 0.0778. The number of halogens is 1. The Balaban J connectivity index is 2.78. The van der Waals surface area contributed by atoms with Gasteiger partial charge in [-0.2, -0.15) is 0 Å². The molecule has 1 rings (SSSR count). The lowest BCUT2D eigenvalue weighted by Crippen LogP contribution is -2.19. The number of amides is 1. The number of phenols is 1. The number of aromatic hydroxyl groups is 1. The summed E-state index contributed by atoms with van der Waals surface area (Å²) in [5.41, 5.74) is 1.39. The summed E-state index contributed by atoms with van der Waals surface area (Å²) in [6.07, 6.45) is 0. The summed E-state index contributed by atoms with van der Waals surface area (Å²) in [5.74, 6) is 5.59. The van der Waals surface area contributed by atoms with Gasteiger partial charge in [-0.3, -0.25) is 4.79 Å². The fraction of sp³-hybridized carbons (Fsp3) is 0.250. The quantitative estimate of drug-likeness (QED) is 0.733. The first-order chi connectivity index (χ1) is 7.50. The Kier molecular flexibility index (Phi) is 4.21. The Labute approximate surface area is 99.4 Å². The lowest BCUT2D eigenvalue weighted by atomic mass is 10.1. The molecular formula is C12H12ClNO2. The molecule has 0 atom stereocenters. The molecule has 0 spiro atoms. The van der Waals surface area contributed by atoms with Crippen LogP contribution in [0.5, 0.6) is 5.75 Å². The summed E-state index contributed by atoms with van der Waals surface area (Å²) in [7, 11) is 0. The Bertz CT molecular complexity index is 449. The third-order valence-electron chi connectivity index (χ3n) is 1.91. The Hall–Kier alpha value is -1.66. The second-order valence-corrected chi connectivity index (χ2v) is 3.74. The van der Waals surface area contributed by atoms with E-state index in [-0.39, 0.29) is 16.7 Å². The van der Waals surface area contributed by atoms with Gasteiger partial charge >= 0.3 is 0 Å². The van der Waals surface area contributed by atoms with E-state index in [1.54, 1.807) is 19.1 Å². The first kappa shape index (κ1) is 12.4. The van der Waals surface area contributed by atoms with Gasteiger partial charge in [0, 0.05) is 12.5 Å². The smallest absolute Gasteiger partial charge is 0.217 e. The molecule has 84 valence electrons. The van der Waals surface area contributed by atoms with Gasteiger partial charge in [0.1, 0.15) is 5.75 Å². The average molecular weight is 238 g/mol. The van der Waals surface area contributed by atoms with Crippen molar-refractivity contribution in [2.24, 2.45) is 0 Å². The molecule has 3 nitrogen and oxygen atoms in total. The van der Waals surface area contributed by atoms with Gasteiger partial charge in [-0.1, -0.05) is 23.4 Å². The SMILES string of the molecule is CC(=O)NCC#Cc1cc(C)c(O)c(Cl)c1. The van der Waals surface area contributed by atoms with Gasteiger partial charge in [-0.05, 0) is 24.6 Å². The zero-order valence-corrected chi connectivity index (χ0v) is 9.85. The van der Waals surface area contributed by atoms with Crippen LogP contribution in [0.4, 0.5) is 0 Å². The van der Waals surface area contributed by atoms with Gasteiger partial charge in [0.2, 0.25) is 5.91 Å². The maximum absolute atomic E-state index is 10.6. The van der Waals surface area contributed by atoms with Gasteiger partial charge in [0.05, 0.1) is 11.6 Å². The molecular weight excluding hydrogens is 226 g/mol. The molecule has 1 amide bonds. The molecule has 4 heteroatoms. The van der Waals surface area contributed by atoms with Crippen LogP contribution in [0, 0.1) is 18.8 Å². The minimum Gasteiger partial charge on any atom is -0.506 e. The van der Waals surface area contributed by atoms with Crippen molar-refractivity contribution < 1.29 is 9.90 Å². The number of benzene rings is 1. The number of rotatable bonds is 1. The fourth-order valence-corrected chi connectivity index (χ4v) is 1.39. The van der Waals surface area contributed by atoms with Crippen LogP contribution < -0.4 is 5.32 Å². The lowest BCUT2D eigenvalue weighted by molar-refractivity contribution is -0.118. The maximum atomic E-state index is 10.6. The topological polar surface area (TPSA) is 49.3 Å². The van der Waals surface area contributed by atoms with Crippen molar-refractivity contribution in [2.45, 2.75) is 13.8 Å². The van der Waals surface area contributed by atoms with E-state index in [0.717, 1.165) is 0 Å². The number of hydrogen-bond acceptors (Lipinski definition) is 2. The number of nitrogens with one attached hydrogen (secondary N) is 1. The van der Waals surface area contributed by atoms with Crippen LogP contribution in [0.15, 0.2) is 12.1 Å². The minimum atomic E-state index is -0.116. The third kappa shape index (κ3) is 3.48. The molecule has 0 aliphatic heterocycles. The van der Waals surface area contributed by atoms with Crippen LogP contribution in [0.3, 0.4) is 0 Å². The monoisotopic (exact) mass is 237 g/mol. The van der Waals surface area contributed by atoms with Crippen molar-refractivity contribution in [1.82, 2.24) is 5.32 Å². The highest BCUT2D eigenvalue weighted by molar-refractivity contribution is 6.32. The molecule has 1 aromatic rings. The Morgan fingerprint density at radius 3 is 2.81 bits per heavy atom. The van der Waals surface area contributed by atoms with Gasteiger partial charge in [0.15, 0.2) is 0 Å². The second kappa shape index (κ2) is 5.43. The predicted molar refractivity (Wildman–Crippen MR) is 63.4 cm³/mol. The largest absolute Gasteiger partial charge is 0.506 e. The highest BCUT2D eigenvalue weighted by Gasteiger charge is 2.02. The van der Waals surface area contributed by atoms with Crippen LogP contribution in [-0.2, 0) is 4.79 Å². The highest BCUT2D eigenvalue weighted by atomic mass is 35.5. The summed E-state index contributed by atoms with van der Waals surface area (Å²) in [6.45, 7) is 3.48. The first-order valence-electron chi connectivity index (χ1n) is 4.73. The van der Waals surface area contributed by atoms with E-state index < -0.39 is 0 Å². The summed E-state index contributed by atoms with van der Waals surface area (Å²) >= 11 is 5.79. The van der Waals surface area contributed by atoms with Crippen molar-refractivity contribution in [2.75, 3.05) is 6.54 Å². The molecule has 0 aliphatic rings. The summed E-state index contributed by atoms with van der Waals surface area (Å²) < 4.78 is 0. The standard InChI is InChI=1S/C12H12ClNO2/c1-8-6-10(7-11(13)12(8)16)4-3-5-14-9(2)15/h6-7,16H,5H2,1-2H3,(H,14,15). The highest BCUT2D eigenvalue weighted by Crippen LogP contribution is 2.27. The van der Waals surface area contributed by atoms with Crippen LogP contribution in [0.25, 0.3) is 0 Å². The van der Waals surface area contributed by atoms with E-state index in [1.807, 2.05) is 0 Å². The van der Waals surface area contributed by atoms with Crippen molar-refractivity contribution in [3.8, 4) is 17.6 Å². The maximum Gasteiger partial charge on any atom is 0.217 e. The molecule has 0 aliphatic carbocycles. The summed E-state index contributed by atoms with van der Waals surface area (Å²) in [5, 5.41) is 12.3. The lowest BCUT2D eigenvalue weighted by Gasteiger charge is -2.01. The van der Waals surface area contributed by atoms with E-state index in [9.17, 15) is 9.90 Å². The Morgan fingerprint density at radius 2 is 2.25 bits per heavy atom. The molecule has 2 N–H and O–H groups in total. The van der Waals surface area contributed by atoms with Crippen molar-refractivity contribution >= 4 is 17.5 Å². The number of phenolic OH excluding ortho intramolecular Hbond substituents is 1. The van der Waals surface area contributed by atoms with Gasteiger partial charge < -0.3 is 10.4 Å². The molecule has 0 radical (unpaired) electrons. The first-order valence-corrected chi connectivity index (χ1v) is 5.11. The van der Waals surface area contributed by atoms with Crippen molar-refractivity contribution in [1.29, 1.82) is 0 Å². The zero-order valence-electron chi connectivity index (χ0n) is 9.10. The van der Waals surface area contributed by atoms with Crippen LogP contribution in [0.1, 0.15) is 18.1 Å². The molecule has 0 bridgehead atoms. The van der Waals surface area contributed by atoms with Gasteiger partial charge in [-0.25, -0.2) is 0 Å². The van der Waals surface area contributed by atoms with E-state index in [2.05, 4.69) is 17.2 Å². The fourth-order valence-electron chi connectivity index (χ4n) is 1.12. The predicted octanol–water partition coefficient (Wildman–Crippen LogP) is 1.84. The summed E-state index contributed by atoms with van der Waals surface area (Å²) in [6, 6.07) is 3.33. The molecule has 16 heavy (non-hydrogen) atoms. The number of carbonyl (C=O) groups excluding carboxylic acids is 1. The van der Waals surface area contributed by atoms with Crippen LogP contribution in [-0.4, -0.2) is 17.6 Å². The Morgan fingerprint density at radius 1 is 1.56 bits per heavy atom. The van der Waals surface area contributed by atoms with E-state index in [1.165, 1.54) is 6.92 Å². The number of hydrogen-bond donors (Lipinski definition) is 2. The van der Waals surface area contributed by atoms with Crippen molar-refractivity contribution in [3.05, 3.63) is 28.3 Å². The summed E-state index contributed by atoms with van der Waals surface area (Å²) in [4.78, 5) is 10.6. The van der Waals surface area contributed by atoms with Gasteiger partial charge in [-0.15, -0.1) is 0 Å². The van der Waals surface area contributed by atoms with Crippen molar-refractivity contribution in [3.63, 3.8) is 0 Å². The normalized spacial score (nSPS) is 9.19. The van der Waals surface area contributed by atoms with Crippen LogP contribution >= 0.6 is 11.6 Å². The third-order valence-corrected chi connectivity index (χ3v) is 2.20. The number of carbonyl (C=O) groups is 1. The molecule has 0 unspecified atom stereocenters. The molecule has 0 saturated heterocycles.